The molecule has 0 spiro atoms. The lowest BCUT2D eigenvalue weighted by Crippen LogP contribution is -2.22. The second-order valence-corrected chi connectivity index (χ2v) is 5.16. The minimum Gasteiger partial charge on any atom is -0.324 e. The van der Waals surface area contributed by atoms with Gasteiger partial charge in [0.1, 0.15) is 0 Å². The Morgan fingerprint density at radius 1 is 1.20 bits per heavy atom. The third-order valence-electron chi connectivity index (χ3n) is 2.85. The van der Waals surface area contributed by atoms with E-state index in [0.717, 1.165) is 4.47 Å². The van der Waals surface area contributed by atoms with Crippen molar-refractivity contribution in [3.63, 3.8) is 0 Å². The number of H-pyrrole nitrogens is 1. The van der Waals surface area contributed by atoms with Crippen molar-refractivity contribution >= 4 is 38.9 Å². The van der Waals surface area contributed by atoms with E-state index in [1.165, 1.54) is 6.20 Å². The fourth-order valence-corrected chi connectivity index (χ4v) is 2.32. The first-order valence-corrected chi connectivity index (χ1v) is 6.64. The van der Waals surface area contributed by atoms with Gasteiger partial charge in [-0.2, -0.15) is 5.10 Å². The summed E-state index contributed by atoms with van der Waals surface area (Å²) in [5.74, 6) is -0.211. The Kier molecular flexibility index (Phi) is 3.19. The minimum atomic E-state index is -0.361. The van der Waals surface area contributed by atoms with E-state index in [2.05, 4.69) is 36.4 Å². The fraction of sp³-hybridized carbons (Fsp3) is 0.0769. The Morgan fingerprint density at radius 3 is 2.85 bits per heavy atom. The van der Waals surface area contributed by atoms with Crippen molar-refractivity contribution in [3.8, 4) is 0 Å². The van der Waals surface area contributed by atoms with Crippen LogP contribution in [0.25, 0.3) is 0 Å². The number of aromatic nitrogens is 2. The Balaban J connectivity index is 2.17. The number of fused-ring (bicyclic) bond motifs is 1. The molecule has 0 aliphatic carbocycles. The summed E-state index contributed by atoms with van der Waals surface area (Å²) in [5, 5.41) is 8.75. The number of benzene rings is 1. The van der Waals surface area contributed by atoms with E-state index in [0.29, 0.717) is 22.6 Å². The molecular formula is C13H9BrN4O2. The lowest BCUT2D eigenvalue weighted by molar-refractivity contribution is -0.115. The maximum absolute atomic E-state index is 11.9. The zero-order chi connectivity index (χ0) is 14.1. The number of aromatic amines is 1. The average Bonchev–Trinajstić information content (AvgIpc) is 2.56. The highest BCUT2D eigenvalue weighted by Gasteiger charge is 2.19. The van der Waals surface area contributed by atoms with E-state index < -0.39 is 0 Å². The molecule has 1 aromatic heterocycles. The highest BCUT2D eigenvalue weighted by Crippen LogP contribution is 2.31. The van der Waals surface area contributed by atoms with Gasteiger partial charge in [0.25, 0.3) is 5.56 Å². The van der Waals surface area contributed by atoms with Gasteiger partial charge in [-0.3, -0.25) is 9.59 Å². The number of amides is 1. The SMILES string of the molecule is O=C1CC(c2ccn[nH]c2=O)=Nc2ccc(Br)cc2N1. The molecule has 0 fully saturated rings. The maximum Gasteiger partial charge on any atom is 0.273 e. The summed E-state index contributed by atoms with van der Waals surface area (Å²) >= 11 is 3.34. The Labute approximate surface area is 122 Å². The topological polar surface area (TPSA) is 87.2 Å². The van der Waals surface area contributed by atoms with E-state index in [1.54, 1.807) is 18.2 Å². The first-order chi connectivity index (χ1) is 9.63. The monoisotopic (exact) mass is 332 g/mol. The summed E-state index contributed by atoms with van der Waals surface area (Å²) in [6.45, 7) is 0. The Hall–Kier alpha value is -2.28. The fourth-order valence-electron chi connectivity index (χ4n) is 1.96. The number of rotatable bonds is 1. The van der Waals surface area contributed by atoms with Crippen LogP contribution in [-0.4, -0.2) is 21.8 Å². The molecule has 0 saturated carbocycles. The molecule has 2 N–H and O–H groups in total. The summed E-state index contributed by atoms with van der Waals surface area (Å²) in [6, 6.07) is 6.93. The quantitative estimate of drug-likeness (QED) is 0.837. The van der Waals surface area contributed by atoms with E-state index in [4.69, 9.17) is 0 Å². The maximum atomic E-state index is 11.9. The van der Waals surface area contributed by atoms with Gasteiger partial charge in [0.2, 0.25) is 5.91 Å². The van der Waals surface area contributed by atoms with Crippen molar-refractivity contribution in [2.75, 3.05) is 5.32 Å². The molecule has 6 nitrogen and oxygen atoms in total. The molecule has 0 radical (unpaired) electrons. The highest BCUT2D eigenvalue weighted by atomic mass is 79.9. The molecule has 0 atom stereocenters. The van der Waals surface area contributed by atoms with Gasteiger partial charge >= 0.3 is 0 Å². The smallest absolute Gasteiger partial charge is 0.273 e. The van der Waals surface area contributed by atoms with Gasteiger partial charge in [0, 0.05) is 10.7 Å². The van der Waals surface area contributed by atoms with Crippen LogP contribution < -0.4 is 10.9 Å². The number of carbonyl (C=O) groups excluding carboxylic acids is 1. The van der Waals surface area contributed by atoms with E-state index in [9.17, 15) is 9.59 Å². The third-order valence-corrected chi connectivity index (χ3v) is 3.35. The highest BCUT2D eigenvalue weighted by molar-refractivity contribution is 9.10. The van der Waals surface area contributed by atoms with Crippen LogP contribution >= 0.6 is 15.9 Å². The van der Waals surface area contributed by atoms with Crippen LogP contribution in [0.15, 0.2) is 44.7 Å². The summed E-state index contributed by atoms with van der Waals surface area (Å²) in [4.78, 5) is 28.1. The van der Waals surface area contributed by atoms with Gasteiger partial charge in [-0.1, -0.05) is 15.9 Å². The molecule has 0 bridgehead atoms. The number of hydrogen-bond donors (Lipinski definition) is 2. The van der Waals surface area contributed by atoms with Crippen molar-refractivity contribution in [3.05, 3.63) is 50.9 Å². The van der Waals surface area contributed by atoms with Gasteiger partial charge < -0.3 is 5.32 Å². The Morgan fingerprint density at radius 2 is 2.05 bits per heavy atom. The molecular weight excluding hydrogens is 324 g/mol. The normalized spacial score (nSPS) is 14.1. The van der Waals surface area contributed by atoms with Crippen LogP contribution in [0.3, 0.4) is 0 Å². The first kappa shape index (κ1) is 12.7. The van der Waals surface area contributed by atoms with E-state index in [1.807, 2.05) is 6.07 Å². The van der Waals surface area contributed by atoms with Crippen LogP contribution in [0.4, 0.5) is 11.4 Å². The predicted molar refractivity (Wildman–Crippen MR) is 78.4 cm³/mol. The zero-order valence-corrected chi connectivity index (χ0v) is 11.8. The average molecular weight is 333 g/mol. The molecule has 1 aliphatic heterocycles. The summed E-state index contributed by atoms with van der Waals surface area (Å²) in [6.07, 6.45) is 1.50. The summed E-state index contributed by atoms with van der Waals surface area (Å²) in [7, 11) is 0. The van der Waals surface area contributed by atoms with Crippen LogP contribution in [0.1, 0.15) is 12.0 Å². The van der Waals surface area contributed by atoms with Crippen LogP contribution in [-0.2, 0) is 4.79 Å². The number of nitrogens with zero attached hydrogens (tertiary/aromatic N) is 2. The molecule has 1 amide bonds. The van der Waals surface area contributed by atoms with Gasteiger partial charge in [0.05, 0.1) is 29.1 Å². The molecule has 3 rings (SSSR count). The number of nitrogens with one attached hydrogen (secondary N) is 2. The molecule has 7 heteroatoms. The number of carbonyl (C=O) groups is 1. The lowest BCUT2D eigenvalue weighted by atomic mass is 10.1. The molecule has 2 heterocycles. The van der Waals surface area contributed by atoms with Gasteiger partial charge in [-0.05, 0) is 24.3 Å². The standard InChI is InChI=1S/C13H9BrN4O2/c14-7-1-2-9-11(5-7)17-12(19)6-10(16-9)8-3-4-15-18-13(8)20/h1-5H,6H2,(H,17,19)(H,18,20). The van der Waals surface area contributed by atoms with E-state index in [-0.39, 0.29) is 17.9 Å². The lowest BCUT2D eigenvalue weighted by Gasteiger charge is -2.04. The second-order valence-electron chi connectivity index (χ2n) is 4.24. The number of hydrogen-bond acceptors (Lipinski definition) is 4. The predicted octanol–water partition coefficient (Wildman–Crippen LogP) is 2.00. The summed E-state index contributed by atoms with van der Waals surface area (Å²) in [5.41, 5.74) is 1.65. The molecule has 1 aliphatic rings. The third kappa shape index (κ3) is 2.39. The van der Waals surface area contributed by atoms with Crippen molar-refractivity contribution in [1.82, 2.24) is 10.2 Å². The van der Waals surface area contributed by atoms with Crippen LogP contribution in [0, 0.1) is 0 Å². The molecule has 1 aromatic carbocycles. The number of anilines is 1. The molecule has 2 aromatic rings. The molecule has 100 valence electrons. The van der Waals surface area contributed by atoms with Gasteiger partial charge in [0.15, 0.2) is 0 Å². The second kappa shape index (κ2) is 5.01. The minimum absolute atomic E-state index is 0.0411. The van der Waals surface area contributed by atoms with Gasteiger partial charge in [-0.25, -0.2) is 10.1 Å². The largest absolute Gasteiger partial charge is 0.324 e. The molecule has 20 heavy (non-hydrogen) atoms. The van der Waals surface area contributed by atoms with Crippen molar-refractivity contribution in [1.29, 1.82) is 0 Å². The number of aliphatic imine (C=N–C) groups is 1. The first-order valence-electron chi connectivity index (χ1n) is 5.84. The van der Waals surface area contributed by atoms with E-state index >= 15 is 0 Å². The Bertz CT molecular complexity index is 782. The molecule has 0 unspecified atom stereocenters. The van der Waals surface area contributed by atoms with Crippen molar-refractivity contribution in [2.45, 2.75) is 6.42 Å². The number of halogens is 1. The van der Waals surface area contributed by atoms with Crippen LogP contribution in [0.2, 0.25) is 0 Å². The van der Waals surface area contributed by atoms with Crippen LogP contribution in [0.5, 0.6) is 0 Å². The van der Waals surface area contributed by atoms with Gasteiger partial charge in [-0.15, -0.1) is 0 Å². The zero-order valence-electron chi connectivity index (χ0n) is 10.2. The van der Waals surface area contributed by atoms with Crippen molar-refractivity contribution in [2.24, 2.45) is 4.99 Å². The van der Waals surface area contributed by atoms with Crippen molar-refractivity contribution < 1.29 is 4.79 Å². The molecule has 0 saturated heterocycles. The summed E-state index contributed by atoms with van der Waals surface area (Å²) < 4.78 is 0.844.